The first-order valence-electron chi connectivity index (χ1n) is 7.82. The van der Waals surface area contributed by atoms with Crippen molar-refractivity contribution in [2.24, 2.45) is 5.41 Å². The molecule has 0 aliphatic rings. The second-order valence-electron chi connectivity index (χ2n) is 7.34. The lowest BCUT2D eigenvalue weighted by molar-refractivity contribution is 0.0254. The van der Waals surface area contributed by atoms with Gasteiger partial charge in [-0.15, -0.1) is 0 Å². The standard InChI is InChI=1S/C18H31NO2/c1-7-19-21-13-12-20-16-10-8-15(9-11-16)18(5,6)14-17(2,3)4/h8-11,19H,7,12-14H2,1-6H3. The minimum atomic E-state index is 0.172. The van der Waals surface area contributed by atoms with E-state index in [1.165, 1.54) is 5.56 Å². The minimum absolute atomic E-state index is 0.172. The van der Waals surface area contributed by atoms with Crippen molar-refractivity contribution in [3.05, 3.63) is 29.8 Å². The monoisotopic (exact) mass is 293 g/mol. The number of hydrogen-bond donors (Lipinski definition) is 1. The molecule has 0 saturated heterocycles. The number of hydrogen-bond acceptors (Lipinski definition) is 3. The van der Waals surface area contributed by atoms with Crippen LogP contribution in [0.25, 0.3) is 0 Å². The number of ether oxygens (including phenoxy) is 1. The maximum atomic E-state index is 5.66. The predicted octanol–water partition coefficient (Wildman–Crippen LogP) is 4.32. The molecular weight excluding hydrogens is 262 g/mol. The van der Waals surface area contributed by atoms with Crippen molar-refractivity contribution in [3.8, 4) is 5.75 Å². The van der Waals surface area contributed by atoms with Gasteiger partial charge in [-0.1, -0.05) is 53.7 Å². The molecule has 0 atom stereocenters. The van der Waals surface area contributed by atoms with E-state index in [9.17, 15) is 0 Å². The van der Waals surface area contributed by atoms with Gasteiger partial charge in [-0.05, 0) is 34.9 Å². The summed E-state index contributed by atoms with van der Waals surface area (Å²) in [6, 6.07) is 8.44. The van der Waals surface area contributed by atoms with Gasteiger partial charge in [-0.2, -0.15) is 0 Å². The van der Waals surface area contributed by atoms with Gasteiger partial charge in [-0.25, -0.2) is 5.48 Å². The van der Waals surface area contributed by atoms with E-state index >= 15 is 0 Å². The molecule has 0 fully saturated rings. The summed E-state index contributed by atoms with van der Waals surface area (Å²) in [6.45, 7) is 15.4. The minimum Gasteiger partial charge on any atom is -0.491 e. The zero-order valence-electron chi connectivity index (χ0n) is 14.5. The molecule has 1 aromatic rings. The first-order valence-corrected chi connectivity index (χ1v) is 7.82. The highest BCUT2D eigenvalue weighted by molar-refractivity contribution is 5.31. The first kappa shape index (κ1) is 18.0. The lowest BCUT2D eigenvalue weighted by Gasteiger charge is -2.33. The Bertz CT molecular complexity index is 404. The lowest BCUT2D eigenvalue weighted by Crippen LogP contribution is -2.24. The molecule has 0 spiro atoms. The fourth-order valence-corrected chi connectivity index (χ4v) is 2.81. The van der Waals surface area contributed by atoms with Crippen LogP contribution >= 0.6 is 0 Å². The molecule has 0 aliphatic carbocycles. The molecule has 120 valence electrons. The van der Waals surface area contributed by atoms with E-state index in [4.69, 9.17) is 9.57 Å². The van der Waals surface area contributed by atoms with Crippen LogP contribution in [-0.4, -0.2) is 19.8 Å². The summed E-state index contributed by atoms with van der Waals surface area (Å²) in [7, 11) is 0. The van der Waals surface area contributed by atoms with Crippen molar-refractivity contribution >= 4 is 0 Å². The lowest BCUT2D eigenvalue weighted by atomic mass is 9.72. The smallest absolute Gasteiger partial charge is 0.119 e. The molecule has 0 radical (unpaired) electrons. The Labute approximate surface area is 130 Å². The maximum absolute atomic E-state index is 5.66. The average molecular weight is 293 g/mol. The first-order chi connectivity index (χ1) is 9.74. The van der Waals surface area contributed by atoms with Crippen LogP contribution in [0.3, 0.4) is 0 Å². The van der Waals surface area contributed by atoms with E-state index in [1.54, 1.807) is 0 Å². The van der Waals surface area contributed by atoms with Gasteiger partial charge in [-0.3, -0.25) is 4.84 Å². The molecule has 0 amide bonds. The summed E-state index contributed by atoms with van der Waals surface area (Å²) in [6.07, 6.45) is 1.15. The number of nitrogens with one attached hydrogen (secondary N) is 1. The Morgan fingerprint density at radius 3 is 2.10 bits per heavy atom. The van der Waals surface area contributed by atoms with Gasteiger partial charge in [0, 0.05) is 6.54 Å². The fourth-order valence-electron chi connectivity index (χ4n) is 2.81. The molecule has 0 bridgehead atoms. The maximum Gasteiger partial charge on any atom is 0.119 e. The Morgan fingerprint density at radius 1 is 0.952 bits per heavy atom. The van der Waals surface area contributed by atoms with Gasteiger partial charge >= 0.3 is 0 Å². The topological polar surface area (TPSA) is 30.5 Å². The van der Waals surface area contributed by atoms with Crippen LogP contribution in [0.2, 0.25) is 0 Å². The summed E-state index contributed by atoms with van der Waals surface area (Å²) in [5.74, 6) is 0.894. The highest BCUT2D eigenvalue weighted by atomic mass is 16.7. The Balaban J connectivity index is 2.53. The zero-order chi connectivity index (χ0) is 15.9. The molecular formula is C18H31NO2. The van der Waals surface area contributed by atoms with Crippen molar-refractivity contribution in [3.63, 3.8) is 0 Å². The van der Waals surface area contributed by atoms with Crippen molar-refractivity contribution in [2.75, 3.05) is 19.8 Å². The van der Waals surface area contributed by atoms with Crippen LogP contribution in [0.4, 0.5) is 0 Å². The molecule has 0 saturated carbocycles. The number of hydroxylamine groups is 1. The molecule has 1 aromatic carbocycles. The summed E-state index contributed by atoms with van der Waals surface area (Å²) >= 11 is 0. The summed E-state index contributed by atoms with van der Waals surface area (Å²) < 4.78 is 5.66. The molecule has 1 rings (SSSR count). The Kier molecular flexibility index (Phi) is 6.69. The van der Waals surface area contributed by atoms with Gasteiger partial charge in [0.1, 0.15) is 19.0 Å². The molecule has 3 nitrogen and oxygen atoms in total. The van der Waals surface area contributed by atoms with Crippen LogP contribution in [0.5, 0.6) is 5.75 Å². The van der Waals surface area contributed by atoms with E-state index < -0.39 is 0 Å². The Hall–Kier alpha value is -1.06. The molecule has 0 unspecified atom stereocenters. The van der Waals surface area contributed by atoms with E-state index in [-0.39, 0.29) is 5.41 Å². The largest absolute Gasteiger partial charge is 0.491 e. The van der Waals surface area contributed by atoms with E-state index in [0.29, 0.717) is 18.6 Å². The quantitative estimate of drug-likeness (QED) is 0.572. The Morgan fingerprint density at radius 2 is 1.57 bits per heavy atom. The van der Waals surface area contributed by atoms with Gasteiger partial charge in [0.05, 0.1) is 0 Å². The SMILES string of the molecule is CCNOCCOc1ccc(C(C)(C)CC(C)(C)C)cc1. The van der Waals surface area contributed by atoms with Crippen molar-refractivity contribution in [1.29, 1.82) is 0 Å². The van der Waals surface area contributed by atoms with E-state index in [1.807, 2.05) is 19.1 Å². The highest BCUT2D eigenvalue weighted by Crippen LogP contribution is 2.36. The van der Waals surface area contributed by atoms with Gasteiger partial charge in [0.2, 0.25) is 0 Å². The van der Waals surface area contributed by atoms with Crippen LogP contribution in [-0.2, 0) is 10.3 Å². The highest BCUT2D eigenvalue weighted by Gasteiger charge is 2.27. The number of benzene rings is 1. The fraction of sp³-hybridized carbons (Fsp3) is 0.667. The number of rotatable bonds is 8. The van der Waals surface area contributed by atoms with Crippen LogP contribution in [0.15, 0.2) is 24.3 Å². The molecule has 3 heteroatoms. The van der Waals surface area contributed by atoms with E-state index in [2.05, 4.69) is 52.2 Å². The third-order valence-electron chi connectivity index (χ3n) is 3.31. The van der Waals surface area contributed by atoms with Gasteiger partial charge in [0.15, 0.2) is 0 Å². The van der Waals surface area contributed by atoms with Gasteiger partial charge in [0.25, 0.3) is 0 Å². The third kappa shape index (κ3) is 6.96. The molecule has 0 aromatic heterocycles. The summed E-state index contributed by atoms with van der Waals surface area (Å²) in [5.41, 5.74) is 4.65. The van der Waals surface area contributed by atoms with Crippen LogP contribution in [0, 0.1) is 5.41 Å². The predicted molar refractivity (Wildman–Crippen MR) is 88.7 cm³/mol. The van der Waals surface area contributed by atoms with Gasteiger partial charge < -0.3 is 4.74 Å². The summed E-state index contributed by atoms with van der Waals surface area (Å²) in [4.78, 5) is 5.16. The second-order valence-corrected chi connectivity index (χ2v) is 7.34. The molecule has 21 heavy (non-hydrogen) atoms. The average Bonchev–Trinajstić information content (AvgIpc) is 2.36. The molecule has 1 N–H and O–H groups in total. The van der Waals surface area contributed by atoms with Crippen LogP contribution in [0.1, 0.15) is 53.5 Å². The molecule has 0 heterocycles. The van der Waals surface area contributed by atoms with Crippen LogP contribution < -0.4 is 10.2 Å². The van der Waals surface area contributed by atoms with E-state index in [0.717, 1.165) is 18.7 Å². The van der Waals surface area contributed by atoms with Crippen molar-refractivity contribution in [2.45, 2.75) is 53.4 Å². The van der Waals surface area contributed by atoms with Crippen molar-refractivity contribution in [1.82, 2.24) is 5.48 Å². The second kappa shape index (κ2) is 7.81. The summed E-state index contributed by atoms with van der Waals surface area (Å²) in [5, 5.41) is 0. The van der Waals surface area contributed by atoms with Crippen molar-refractivity contribution < 1.29 is 9.57 Å². The normalized spacial score (nSPS) is 12.5. The third-order valence-corrected chi connectivity index (χ3v) is 3.31. The molecule has 0 aliphatic heterocycles. The zero-order valence-corrected chi connectivity index (χ0v) is 14.5.